The number of methoxy groups -OCH3 is 1. The number of nitrogens with zero attached hydrogens (tertiary/aromatic N) is 2. The summed E-state index contributed by atoms with van der Waals surface area (Å²) in [4.78, 5) is 16.8. The van der Waals surface area contributed by atoms with E-state index >= 15 is 0 Å². The van der Waals surface area contributed by atoms with Crippen molar-refractivity contribution in [3.8, 4) is 0 Å². The van der Waals surface area contributed by atoms with E-state index in [1.165, 1.54) is 19.3 Å². The predicted octanol–water partition coefficient (Wildman–Crippen LogP) is 1.27. The molecule has 0 aromatic carbocycles. The predicted molar refractivity (Wildman–Crippen MR) is 80.2 cm³/mol. The normalized spacial score (nSPS) is 34.5. The number of hydrogen-bond donors (Lipinski definition) is 0. The molecule has 3 aliphatic heterocycles. The zero-order valence-corrected chi connectivity index (χ0v) is 13.2. The minimum absolute atomic E-state index is 0.0269. The Labute approximate surface area is 127 Å². The van der Waals surface area contributed by atoms with Gasteiger partial charge in [0.2, 0.25) is 5.91 Å². The van der Waals surface area contributed by atoms with Gasteiger partial charge in [-0.05, 0) is 45.2 Å². The topological polar surface area (TPSA) is 42.0 Å². The van der Waals surface area contributed by atoms with E-state index in [-0.39, 0.29) is 17.6 Å². The Kier molecular flexibility index (Phi) is 4.82. The lowest BCUT2D eigenvalue weighted by molar-refractivity contribution is -0.159. The summed E-state index contributed by atoms with van der Waals surface area (Å²) >= 11 is 0. The summed E-state index contributed by atoms with van der Waals surface area (Å²) < 4.78 is 11.7. The molecule has 0 radical (unpaired) electrons. The fraction of sp³-hybridized carbons (Fsp3) is 0.938. The van der Waals surface area contributed by atoms with Crippen LogP contribution in [-0.2, 0) is 14.3 Å². The van der Waals surface area contributed by atoms with Gasteiger partial charge in [0.05, 0.1) is 12.1 Å². The number of rotatable bonds is 3. The number of amides is 1. The molecule has 0 bridgehead atoms. The Morgan fingerprint density at radius 2 is 2.00 bits per heavy atom. The monoisotopic (exact) mass is 296 g/mol. The van der Waals surface area contributed by atoms with Crippen molar-refractivity contribution in [2.45, 2.75) is 50.2 Å². The summed E-state index contributed by atoms with van der Waals surface area (Å²) in [5.41, 5.74) is -0.128. The first-order chi connectivity index (χ1) is 10.2. The molecule has 120 valence electrons. The third kappa shape index (κ3) is 3.25. The van der Waals surface area contributed by atoms with E-state index in [1.54, 1.807) is 7.11 Å². The lowest BCUT2D eigenvalue weighted by atomic mass is 9.86. The van der Waals surface area contributed by atoms with E-state index in [1.807, 2.05) is 4.90 Å². The molecule has 5 heteroatoms. The molecule has 3 fully saturated rings. The molecular formula is C16H28N2O3. The highest BCUT2D eigenvalue weighted by Gasteiger charge is 2.47. The van der Waals surface area contributed by atoms with Gasteiger partial charge in [0, 0.05) is 26.8 Å². The van der Waals surface area contributed by atoms with Gasteiger partial charge in [0.25, 0.3) is 0 Å². The zero-order valence-electron chi connectivity index (χ0n) is 13.2. The lowest BCUT2D eigenvalue weighted by Crippen LogP contribution is -2.58. The lowest BCUT2D eigenvalue weighted by Gasteiger charge is -2.44. The van der Waals surface area contributed by atoms with Crippen LogP contribution in [0.2, 0.25) is 0 Å². The number of piperidine rings is 2. The first kappa shape index (κ1) is 15.3. The van der Waals surface area contributed by atoms with Crippen molar-refractivity contribution < 1.29 is 14.3 Å². The average molecular weight is 296 g/mol. The number of ether oxygens (including phenoxy) is 2. The maximum Gasteiger partial charge on any atom is 0.236 e. The molecule has 0 unspecified atom stereocenters. The molecule has 1 spiro atoms. The molecule has 21 heavy (non-hydrogen) atoms. The standard InChI is InChI=1S/C16H28N2O3/c1-20-14-12-18(10-7-16(14)6-5-11-21-16)15(19)13-17-8-3-2-4-9-17/h14H,2-13H2,1H3/t14-,16-/m0/s1. The van der Waals surface area contributed by atoms with Crippen molar-refractivity contribution in [3.05, 3.63) is 0 Å². The van der Waals surface area contributed by atoms with E-state index in [4.69, 9.17) is 9.47 Å². The second-order valence-electron chi connectivity index (χ2n) is 6.67. The van der Waals surface area contributed by atoms with Crippen LogP contribution in [0.1, 0.15) is 38.5 Å². The van der Waals surface area contributed by atoms with Crippen molar-refractivity contribution >= 4 is 5.91 Å². The van der Waals surface area contributed by atoms with Crippen molar-refractivity contribution in [3.63, 3.8) is 0 Å². The van der Waals surface area contributed by atoms with Crippen LogP contribution < -0.4 is 0 Å². The molecule has 0 aromatic rings. The average Bonchev–Trinajstić information content (AvgIpc) is 2.98. The molecule has 3 saturated heterocycles. The smallest absolute Gasteiger partial charge is 0.236 e. The number of hydrogen-bond acceptors (Lipinski definition) is 4. The van der Waals surface area contributed by atoms with E-state index in [9.17, 15) is 4.79 Å². The second kappa shape index (κ2) is 6.63. The molecule has 3 aliphatic rings. The summed E-state index contributed by atoms with van der Waals surface area (Å²) in [5, 5.41) is 0. The van der Waals surface area contributed by atoms with Crippen molar-refractivity contribution in [1.82, 2.24) is 9.80 Å². The van der Waals surface area contributed by atoms with E-state index in [2.05, 4.69) is 4.90 Å². The van der Waals surface area contributed by atoms with Gasteiger partial charge in [-0.25, -0.2) is 0 Å². The Morgan fingerprint density at radius 3 is 2.67 bits per heavy atom. The third-order valence-electron chi connectivity index (χ3n) is 5.36. The highest BCUT2D eigenvalue weighted by Crippen LogP contribution is 2.37. The van der Waals surface area contributed by atoms with Crippen molar-refractivity contribution in [1.29, 1.82) is 0 Å². The summed E-state index contributed by atoms with van der Waals surface area (Å²) in [5.74, 6) is 0.256. The highest BCUT2D eigenvalue weighted by molar-refractivity contribution is 5.78. The maximum absolute atomic E-state index is 12.5. The zero-order chi connectivity index (χ0) is 14.7. The molecule has 0 N–H and O–H groups in total. The van der Waals surface area contributed by atoms with E-state index < -0.39 is 0 Å². The van der Waals surface area contributed by atoms with Crippen LogP contribution in [0, 0.1) is 0 Å². The minimum Gasteiger partial charge on any atom is -0.377 e. The molecule has 3 heterocycles. The summed E-state index contributed by atoms with van der Waals surface area (Å²) in [7, 11) is 1.74. The molecule has 0 saturated carbocycles. The quantitative estimate of drug-likeness (QED) is 0.786. The Balaban J connectivity index is 1.55. The SMILES string of the molecule is CO[C@H]1CN(C(=O)CN2CCCCC2)CC[C@@]12CCCO2. The van der Waals surface area contributed by atoms with Crippen LogP contribution in [0.25, 0.3) is 0 Å². The molecule has 1 amide bonds. The first-order valence-electron chi connectivity index (χ1n) is 8.40. The van der Waals surface area contributed by atoms with Crippen LogP contribution in [0.15, 0.2) is 0 Å². The van der Waals surface area contributed by atoms with Gasteiger partial charge in [0.15, 0.2) is 0 Å². The fourth-order valence-corrected chi connectivity index (χ4v) is 4.04. The molecule has 2 atom stereocenters. The maximum atomic E-state index is 12.5. The van der Waals surface area contributed by atoms with Crippen LogP contribution in [0.3, 0.4) is 0 Å². The van der Waals surface area contributed by atoms with Gasteiger partial charge in [-0.1, -0.05) is 6.42 Å². The largest absolute Gasteiger partial charge is 0.377 e. The first-order valence-corrected chi connectivity index (χ1v) is 8.40. The van der Waals surface area contributed by atoms with Crippen LogP contribution in [0.4, 0.5) is 0 Å². The molecule has 0 aromatic heterocycles. The molecule has 5 nitrogen and oxygen atoms in total. The van der Waals surface area contributed by atoms with Gasteiger partial charge in [-0.3, -0.25) is 9.69 Å². The van der Waals surface area contributed by atoms with Crippen molar-refractivity contribution in [2.75, 3.05) is 46.4 Å². The number of carbonyl (C=O) groups excluding carboxylic acids is 1. The number of carbonyl (C=O) groups is 1. The van der Waals surface area contributed by atoms with Gasteiger partial charge >= 0.3 is 0 Å². The minimum atomic E-state index is -0.128. The summed E-state index contributed by atoms with van der Waals surface area (Å²) in [6.45, 7) is 5.04. The van der Waals surface area contributed by atoms with E-state index in [0.717, 1.165) is 45.5 Å². The van der Waals surface area contributed by atoms with Gasteiger partial charge in [-0.15, -0.1) is 0 Å². The summed E-state index contributed by atoms with van der Waals surface area (Å²) in [6, 6.07) is 0. The van der Waals surface area contributed by atoms with Crippen LogP contribution in [0.5, 0.6) is 0 Å². The molecule has 3 rings (SSSR count). The Morgan fingerprint density at radius 1 is 1.19 bits per heavy atom. The second-order valence-corrected chi connectivity index (χ2v) is 6.67. The van der Waals surface area contributed by atoms with Crippen LogP contribution >= 0.6 is 0 Å². The van der Waals surface area contributed by atoms with Gasteiger partial charge in [0.1, 0.15) is 6.10 Å². The third-order valence-corrected chi connectivity index (χ3v) is 5.36. The Hall–Kier alpha value is -0.650. The Bertz CT molecular complexity index is 363. The molecular weight excluding hydrogens is 268 g/mol. The van der Waals surface area contributed by atoms with Crippen LogP contribution in [-0.4, -0.2) is 73.9 Å². The number of likely N-dealkylation sites (tertiary alicyclic amines) is 2. The van der Waals surface area contributed by atoms with Gasteiger partial charge < -0.3 is 14.4 Å². The highest BCUT2D eigenvalue weighted by atomic mass is 16.5. The fourth-order valence-electron chi connectivity index (χ4n) is 4.04. The van der Waals surface area contributed by atoms with Gasteiger partial charge in [-0.2, -0.15) is 0 Å². The van der Waals surface area contributed by atoms with E-state index in [0.29, 0.717) is 13.1 Å². The summed E-state index contributed by atoms with van der Waals surface area (Å²) in [6.07, 6.45) is 6.88. The molecule has 0 aliphatic carbocycles. The van der Waals surface area contributed by atoms with Crippen molar-refractivity contribution in [2.24, 2.45) is 0 Å².